The van der Waals surface area contributed by atoms with E-state index in [4.69, 9.17) is 4.98 Å². The maximum Gasteiger partial charge on any atom is 0.227 e. The number of carbonyl (C=O) groups is 1. The molecular formula is C22H25N3OS. The lowest BCUT2D eigenvalue weighted by Crippen LogP contribution is -2.49. The maximum absolute atomic E-state index is 12.6. The molecule has 4 rings (SSSR count). The van der Waals surface area contributed by atoms with Gasteiger partial charge in [0.2, 0.25) is 5.91 Å². The number of anilines is 1. The predicted molar refractivity (Wildman–Crippen MR) is 113 cm³/mol. The van der Waals surface area contributed by atoms with Crippen molar-refractivity contribution in [2.24, 2.45) is 0 Å². The molecule has 4 nitrogen and oxygen atoms in total. The molecule has 0 unspecified atom stereocenters. The lowest BCUT2D eigenvalue weighted by molar-refractivity contribution is -0.130. The van der Waals surface area contributed by atoms with Crippen LogP contribution in [0, 0.1) is 0 Å². The van der Waals surface area contributed by atoms with Gasteiger partial charge in [-0.25, -0.2) is 4.98 Å². The lowest BCUT2D eigenvalue weighted by atomic mass is 10.0. The van der Waals surface area contributed by atoms with Crippen LogP contribution in [0.2, 0.25) is 0 Å². The number of benzene rings is 2. The molecule has 0 N–H and O–H groups in total. The molecule has 0 aliphatic carbocycles. The number of nitrogens with zero attached hydrogens (tertiary/aromatic N) is 3. The minimum Gasteiger partial charge on any atom is -0.345 e. The van der Waals surface area contributed by atoms with Gasteiger partial charge in [0.25, 0.3) is 0 Å². The van der Waals surface area contributed by atoms with Crippen molar-refractivity contribution in [3.63, 3.8) is 0 Å². The normalized spacial score (nSPS) is 14.9. The number of fused-ring (bicyclic) bond motifs is 1. The molecule has 0 atom stereocenters. The summed E-state index contributed by atoms with van der Waals surface area (Å²) in [6, 6.07) is 16.4. The highest BCUT2D eigenvalue weighted by atomic mass is 32.1. The average molecular weight is 380 g/mol. The summed E-state index contributed by atoms with van der Waals surface area (Å²) in [7, 11) is 0. The summed E-state index contributed by atoms with van der Waals surface area (Å²) in [4.78, 5) is 21.8. The van der Waals surface area contributed by atoms with E-state index in [1.807, 2.05) is 35.2 Å². The highest BCUT2D eigenvalue weighted by molar-refractivity contribution is 7.22. The molecule has 1 saturated heterocycles. The number of aromatic nitrogens is 1. The largest absolute Gasteiger partial charge is 0.345 e. The molecule has 1 fully saturated rings. The van der Waals surface area contributed by atoms with Crippen LogP contribution in [0.25, 0.3) is 10.2 Å². The van der Waals surface area contributed by atoms with Gasteiger partial charge in [0.15, 0.2) is 5.13 Å². The Hall–Kier alpha value is -2.40. The van der Waals surface area contributed by atoms with E-state index in [2.05, 4.69) is 36.9 Å². The summed E-state index contributed by atoms with van der Waals surface area (Å²) in [5, 5.41) is 1.08. The van der Waals surface area contributed by atoms with E-state index in [-0.39, 0.29) is 5.91 Å². The quantitative estimate of drug-likeness (QED) is 0.678. The van der Waals surface area contributed by atoms with Crippen LogP contribution in [0.5, 0.6) is 0 Å². The molecule has 0 radical (unpaired) electrons. The fraction of sp³-hybridized carbons (Fsp3) is 0.364. The monoisotopic (exact) mass is 379 g/mol. The van der Waals surface area contributed by atoms with Gasteiger partial charge in [0, 0.05) is 26.2 Å². The van der Waals surface area contributed by atoms with E-state index in [9.17, 15) is 4.79 Å². The Morgan fingerprint density at radius 3 is 2.48 bits per heavy atom. The first kappa shape index (κ1) is 18.0. The van der Waals surface area contributed by atoms with Crippen LogP contribution in [-0.4, -0.2) is 42.0 Å². The van der Waals surface area contributed by atoms with E-state index in [0.717, 1.165) is 42.4 Å². The summed E-state index contributed by atoms with van der Waals surface area (Å²) in [5.74, 6) is 0.684. The summed E-state index contributed by atoms with van der Waals surface area (Å²) in [5.41, 5.74) is 3.53. The van der Waals surface area contributed by atoms with Crippen LogP contribution in [0.3, 0.4) is 0 Å². The SMILES string of the molecule is CC(C)c1cccc2sc(N3CCN(C(=O)Cc4ccccc4)CC3)nc12. The molecule has 2 aromatic carbocycles. The van der Waals surface area contributed by atoms with Crippen LogP contribution < -0.4 is 4.90 Å². The van der Waals surface area contributed by atoms with Gasteiger partial charge in [-0.3, -0.25) is 4.79 Å². The number of carbonyl (C=O) groups excluding carboxylic acids is 1. The zero-order valence-corrected chi connectivity index (χ0v) is 16.7. The van der Waals surface area contributed by atoms with E-state index in [0.29, 0.717) is 12.3 Å². The number of para-hydroxylation sites is 1. The van der Waals surface area contributed by atoms with E-state index in [1.54, 1.807) is 11.3 Å². The Bertz CT molecular complexity index is 927. The summed E-state index contributed by atoms with van der Waals surface area (Å²) in [6.07, 6.45) is 0.486. The van der Waals surface area contributed by atoms with Gasteiger partial charge in [0.1, 0.15) is 0 Å². The molecule has 0 saturated carbocycles. The van der Waals surface area contributed by atoms with Crippen molar-refractivity contribution in [3.05, 3.63) is 59.7 Å². The fourth-order valence-corrected chi connectivity index (χ4v) is 4.64. The van der Waals surface area contributed by atoms with Gasteiger partial charge in [-0.2, -0.15) is 0 Å². The fourth-order valence-electron chi connectivity index (χ4n) is 3.59. The van der Waals surface area contributed by atoms with Crippen LogP contribution in [0.15, 0.2) is 48.5 Å². The third kappa shape index (κ3) is 3.83. The second-order valence-corrected chi connectivity index (χ2v) is 8.38. The molecule has 2 heterocycles. The van der Waals surface area contributed by atoms with Crippen molar-refractivity contribution in [3.8, 4) is 0 Å². The van der Waals surface area contributed by atoms with Gasteiger partial charge in [0.05, 0.1) is 16.6 Å². The molecule has 1 aromatic heterocycles. The van der Waals surface area contributed by atoms with Crippen molar-refractivity contribution in [2.45, 2.75) is 26.2 Å². The van der Waals surface area contributed by atoms with Crippen LogP contribution in [-0.2, 0) is 11.2 Å². The molecule has 0 spiro atoms. The van der Waals surface area contributed by atoms with E-state index < -0.39 is 0 Å². The average Bonchev–Trinajstić information content (AvgIpc) is 3.13. The van der Waals surface area contributed by atoms with Crippen LogP contribution >= 0.6 is 11.3 Å². The highest BCUT2D eigenvalue weighted by Gasteiger charge is 2.23. The Kier molecular flexibility index (Phi) is 5.12. The van der Waals surface area contributed by atoms with Gasteiger partial charge < -0.3 is 9.80 Å². The summed E-state index contributed by atoms with van der Waals surface area (Å²) in [6.45, 7) is 7.64. The third-order valence-electron chi connectivity index (χ3n) is 5.16. The zero-order chi connectivity index (χ0) is 18.8. The number of hydrogen-bond donors (Lipinski definition) is 0. The molecule has 5 heteroatoms. The van der Waals surface area contributed by atoms with Crippen molar-refractivity contribution in [1.82, 2.24) is 9.88 Å². The molecule has 1 amide bonds. The molecule has 140 valence electrons. The zero-order valence-electron chi connectivity index (χ0n) is 15.9. The Morgan fingerprint density at radius 1 is 1.04 bits per heavy atom. The Labute approximate surface area is 164 Å². The van der Waals surface area contributed by atoms with Gasteiger partial charge >= 0.3 is 0 Å². The standard InChI is InChI=1S/C22H25N3OS/c1-16(2)18-9-6-10-19-21(18)23-22(27-19)25-13-11-24(12-14-25)20(26)15-17-7-4-3-5-8-17/h3-10,16H,11-15H2,1-2H3. The van der Waals surface area contributed by atoms with Crippen molar-refractivity contribution < 1.29 is 4.79 Å². The smallest absolute Gasteiger partial charge is 0.227 e. The molecular weight excluding hydrogens is 354 g/mol. The number of hydrogen-bond acceptors (Lipinski definition) is 4. The van der Waals surface area contributed by atoms with Gasteiger partial charge in [-0.05, 0) is 23.1 Å². The highest BCUT2D eigenvalue weighted by Crippen LogP contribution is 2.33. The lowest BCUT2D eigenvalue weighted by Gasteiger charge is -2.34. The Morgan fingerprint density at radius 2 is 1.78 bits per heavy atom. The molecule has 1 aliphatic rings. The molecule has 27 heavy (non-hydrogen) atoms. The van der Waals surface area contributed by atoms with Crippen molar-refractivity contribution in [1.29, 1.82) is 0 Å². The Balaban J connectivity index is 1.43. The number of amides is 1. The summed E-state index contributed by atoms with van der Waals surface area (Å²) >= 11 is 1.76. The van der Waals surface area contributed by atoms with Gasteiger partial charge in [-0.1, -0.05) is 67.6 Å². The first-order valence-electron chi connectivity index (χ1n) is 9.58. The topological polar surface area (TPSA) is 36.4 Å². The molecule has 1 aliphatic heterocycles. The van der Waals surface area contributed by atoms with Crippen LogP contribution in [0.1, 0.15) is 30.9 Å². The van der Waals surface area contributed by atoms with Gasteiger partial charge in [-0.15, -0.1) is 0 Å². The first-order valence-corrected chi connectivity index (χ1v) is 10.4. The van der Waals surface area contributed by atoms with Crippen molar-refractivity contribution in [2.75, 3.05) is 31.1 Å². The minimum absolute atomic E-state index is 0.215. The molecule has 3 aromatic rings. The minimum atomic E-state index is 0.215. The number of piperazine rings is 1. The second-order valence-electron chi connectivity index (χ2n) is 7.38. The predicted octanol–water partition coefficient (Wildman–Crippen LogP) is 4.31. The molecule has 0 bridgehead atoms. The van der Waals surface area contributed by atoms with E-state index in [1.165, 1.54) is 10.3 Å². The third-order valence-corrected chi connectivity index (χ3v) is 6.24. The maximum atomic E-state index is 12.6. The second kappa shape index (κ2) is 7.69. The number of rotatable bonds is 4. The van der Waals surface area contributed by atoms with E-state index >= 15 is 0 Å². The van der Waals surface area contributed by atoms with Crippen LogP contribution in [0.4, 0.5) is 5.13 Å². The van der Waals surface area contributed by atoms with Crippen molar-refractivity contribution >= 4 is 32.6 Å². The number of thiazole rings is 1. The summed E-state index contributed by atoms with van der Waals surface area (Å²) < 4.78 is 1.25. The first-order chi connectivity index (χ1) is 13.1.